The Morgan fingerprint density at radius 1 is 1.06 bits per heavy atom. The van der Waals surface area contributed by atoms with Gasteiger partial charge in [0.15, 0.2) is 0 Å². The van der Waals surface area contributed by atoms with Crippen LogP contribution in [0, 0.1) is 0 Å². The van der Waals surface area contributed by atoms with Gasteiger partial charge in [0.1, 0.15) is 4.32 Å². The third-order valence-corrected chi connectivity index (χ3v) is 4.25. The molecular formula is C13H11NS2. The van der Waals surface area contributed by atoms with E-state index >= 15 is 0 Å². The average Bonchev–Trinajstić information content (AvgIpc) is 2.75. The second-order valence-corrected chi connectivity index (χ2v) is 5.49. The quantitative estimate of drug-likeness (QED) is 0.706. The van der Waals surface area contributed by atoms with Crippen LogP contribution in [-0.4, -0.2) is 16.6 Å². The van der Waals surface area contributed by atoms with Crippen molar-refractivity contribution in [3.8, 4) is 0 Å². The molecule has 0 bridgehead atoms. The van der Waals surface area contributed by atoms with Crippen LogP contribution in [0.25, 0.3) is 10.8 Å². The maximum atomic E-state index is 5.37. The Balaban J connectivity index is 2.19. The highest BCUT2D eigenvalue weighted by Crippen LogP contribution is 2.31. The Kier molecular flexibility index (Phi) is 2.58. The van der Waals surface area contributed by atoms with Crippen molar-refractivity contribution < 1.29 is 0 Å². The van der Waals surface area contributed by atoms with Crippen LogP contribution in [0.4, 0.5) is 5.69 Å². The standard InChI is InChI=1S/C13H11NS2/c15-13-14(8-9-16-13)12-7-3-5-10-4-1-2-6-11(10)12/h1-7H,8-9H2. The monoisotopic (exact) mass is 245 g/mol. The molecule has 1 fully saturated rings. The van der Waals surface area contributed by atoms with Crippen molar-refractivity contribution in [3.05, 3.63) is 42.5 Å². The predicted molar refractivity (Wildman–Crippen MR) is 76.4 cm³/mol. The van der Waals surface area contributed by atoms with E-state index in [1.165, 1.54) is 16.5 Å². The van der Waals surface area contributed by atoms with E-state index in [0.717, 1.165) is 16.6 Å². The molecule has 2 aromatic rings. The minimum atomic E-state index is 0.997. The molecule has 3 rings (SSSR count). The van der Waals surface area contributed by atoms with Crippen LogP contribution in [0.1, 0.15) is 0 Å². The van der Waals surface area contributed by atoms with Gasteiger partial charge < -0.3 is 4.90 Å². The van der Waals surface area contributed by atoms with E-state index in [4.69, 9.17) is 12.2 Å². The molecule has 0 aliphatic carbocycles. The van der Waals surface area contributed by atoms with Gasteiger partial charge in [-0.05, 0) is 11.5 Å². The van der Waals surface area contributed by atoms with Crippen molar-refractivity contribution in [3.63, 3.8) is 0 Å². The van der Waals surface area contributed by atoms with Gasteiger partial charge >= 0.3 is 0 Å². The lowest BCUT2D eigenvalue weighted by Crippen LogP contribution is -2.21. The molecular weight excluding hydrogens is 234 g/mol. The number of hydrogen-bond acceptors (Lipinski definition) is 2. The van der Waals surface area contributed by atoms with Gasteiger partial charge in [-0.3, -0.25) is 0 Å². The number of rotatable bonds is 1. The first-order valence-corrected chi connectivity index (χ1v) is 6.68. The van der Waals surface area contributed by atoms with Crippen molar-refractivity contribution in [2.45, 2.75) is 0 Å². The first-order valence-electron chi connectivity index (χ1n) is 5.28. The highest BCUT2D eigenvalue weighted by Gasteiger charge is 2.20. The average molecular weight is 245 g/mol. The summed E-state index contributed by atoms with van der Waals surface area (Å²) in [6.07, 6.45) is 0. The van der Waals surface area contributed by atoms with Crippen LogP contribution in [0.5, 0.6) is 0 Å². The molecule has 0 spiro atoms. The van der Waals surface area contributed by atoms with Crippen LogP contribution in [0.15, 0.2) is 42.5 Å². The van der Waals surface area contributed by atoms with E-state index in [2.05, 4.69) is 47.4 Å². The van der Waals surface area contributed by atoms with Gasteiger partial charge in [0, 0.05) is 17.7 Å². The van der Waals surface area contributed by atoms with Gasteiger partial charge in [-0.15, -0.1) is 0 Å². The maximum absolute atomic E-state index is 5.37. The van der Waals surface area contributed by atoms with Gasteiger partial charge in [-0.1, -0.05) is 60.4 Å². The van der Waals surface area contributed by atoms with Crippen LogP contribution in [-0.2, 0) is 0 Å². The smallest absolute Gasteiger partial charge is 0.140 e. The first kappa shape index (κ1) is 10.1. The van der Waals surface area contributed by atoms with Gasteiger partial charge in [0.2, 0.25) is 0 Å². The topological polar surface area (TPSA) is 3.24 Å². The van der Waals surface area contributed by atoms with Gasteiger partial charge in [0.25, 0.3) is 0 Å². The fourth-order valence-corrected chi connectivity index (χ4v) is 3.29. The Morgan fingerprint density at radius 3 is 2.69 bits per heavy atom. The number of thiocarbonyl (C=S) groups is 1. The Labute approximate surface area is 104 Å². The minimum Gasteiger partial charge on any atom is -0.326 e. The number of hydrogen-bond donors (Lipinski definition) is 0. The summed E-state index contributed by atoms with van der Waals surface area (Å²) >= 11 is 7.14. The zero-order chi connectivity index (χ0) is 11.0. The predicted octanol–water partition coefficient (Wildman–Crippen LogP) is 3.68. The molecule has 2 aromatic carbocycles. The number of benzene rings is 2. The molecule has 1 nitrogen and oxygen atoms in total. The zero-order valence-corrected chi connectivity index (χ0v) is 10.4. The molecule has 1 saturated heterocycles. The summed E-state index contributed by atoms with van der Waals surface area (Å²) in [7, 11) is 0. The van der Waals surface area contributed by atoms with E-state index < -0.39 is 0 Å². The second kappa shape index (κ2) is 4.07. The molecule has 0 amide bonds. The number of anilines is 1. The molecule has 1 heterocycles. The lowest BCUT2D eigenvalue weighted by molar-refractivity contribution is 1.12. The number of nitrogens with zero attached hydrogens (tertiary/aromatic N) is 1. The Hall–Kier alpha value is -1.06. The normalized spacial score (nSPS) is 16.0. The van der Waals surface area contributed by atoms with Gasteiger partial charge in [-0.2, -0.15) is 0 Å². The summed E-state index contributed by atoms with van der Waals surface area (Å²) in [6, 6.07) is 14.9. The summed E-state index contributed by atoms with van der Waals surface area (Å²) in [6.45, 7) is 1.03. The summed E-state index contributed by atoms with van der Waals surface area (Å²) in [5.74, 6) is 1.10. The SMILES string of the molecule is S=C1SCCN1c1cccc2ccccc12. The third kappa shape index (κ3) is 1.60. The fourth-order valence-electron chi connectivity index (χ4n) is 2.06. The van der Waals surface area contributed by atoms with E-state index in [-0.39, 0.29) is 0 Å². The van der Waals surface area contributed by atoms with Crippen LogP contribution >= 0.6 is 24.0 Å². The first-order chi connectivity index (χ1) is 7.86. The third-order valence-electron chi connectivity index (χ3n) is 2.82. The lowest BCUT2D eigenvalue weighted by atomic mass is 10.1. The molecule has 80 valence electrons. The highest BCUT2D eigenvalue weighted by molar-refractivity contribution is 8.23. The fraction of sp³-hybridized carbons (Fsp3) is 0.154. The molecule has 0 atom stereocenters. The van der Waals surface area contributed by atoms with E-state index in [0.29, 0.717) is 0 Å². The Morgan fingerprint density at radius 2 is 1.88 bits per heavy atom. The van der Waals surface area contributed by atoms with Crippen molar-refractivity contribution in [1.29, 1.82) is 0 Å². The van der Waals surface area contributed by atoms with Crippen molar-refractivity contribution >= 4 is 44.8 Å². The largest absolute Gasteiger partial charge is 0.326 e. The van der Waals surface area contributed by atoms with Gasteiger partial charge in [-0.25, -0.2) is 0 Å². The second-order valence-electron chi connectivity index (χ2n) is 3.76. The molecule has 3 heteroatoms. The summed E-state index contributed by atoms with van der Waals surface area (Å²) in [5, 5.41) is 2.56. The molecule has 16 heavy (non-hydrogen) atoms. The number of thioether (sulfide) groups is 1. The van der Waals surface area contributed by atoms with Crippen molar-refractivity contribution in [2.75, 3.05) is 17.2 Å². The summed E-state index contributed by atoms with van der Waals surface area (Å²) in [4.78, 5) is 2.24. The van der Waals surface area contributed by atoms with E-state index in [1.54, 1.807) is 11.8 Å². The van der Waals surface area contributed by atoms with Crippen LogP contribution in [0.3, 0.4) is 0 Å². The summed E-state index contributed by atoms with van der Waals surface area (Å²) in [5.41, 5.74) is 1.24. The number of fused-ring (bicyclic) bond motifs is 1. The highest BCUT2D eigenvalue weighted by atomic mass is 32.2. The lowest BCUT2D eigenvalue weighted by Gasteiger charge is -2.19. The maximum Gasteiger partial charge on any atom is 0.140 e. The molecule has 0 N–H and O–H groups in total. The van der Waals surface area contributed by atoms with Crippen LogP contribution in [0.2, 0.25) is 0 Å². The molecule has 0 saturated carbocycles. The van der Waals surface area contributed by atoms with Crippen molar-refractivity contribution in [2.24, 2.45) is 0 Å². The van der Waals surface area contributed by atoms with E-state index in [9.17, 15) is 0 Å². The van der Waals surface area contributed by atoms with Gasteiger partial charge in [0.05, 0.1) is 5.69 Å². The zero-order valence-electron chi connectivity index (χ0n) is 8.72. The molecule has 0 aromatic heterocycles. The minimum absolute atomic E-state index is 0.997. The Bertz CT molecular complexity index is 545. The molecule has 1 aliphatic heterocycles. The summed E-state index contributed by atoms with van der Waals surface area (Å²) < 4.78 is 0.997. The van der Waals surface area contributed by atoms with Crippen molar-refractivity contribution in [1.82, 2.24) is 0 Å². The van der Waals surface area contributed by atoms with Crippen LogP contribution < -0.4 is 4.90 Å². The molecule has 0 radical (unpaired) electrons. The molecule has 1 aliphatic rings. The van der Waals surface area contributed by atoms with E-state index in [1.807, 2.05) is 0 Å². The molecule has 0 unspecified atom stereocenters.